The van der Waals surface area contributed by atoms with Crippen molar-refractivity contribution in [1.82, 2.24) is 4.72 Å². The van der Waals surface area contributed by atoms with E-state index in [1.807, 2.05) is 13.8 Å². The van der Waals surface area contributed by atoms with Gasteiger partial charge in [0.25, 0.3) is 0 Å². The topological polar surface area (TPSA) is 102 Å². The number of hydrogen-bond donors (Lipinski definition) is 3. The summed E-state index contributed by atoms with van der Waals surface area (Å²) in [4.78, 5) is 0. The molecule has 2 rings (SSSR count). The van der Waals surface area contributed by atoms with E-state index < -0.39 is 21.5 Å². The maximum absolute atomic E-state index is 12.0. The van der Waals surface area contributed by atoms with Crippen molar-refractivity contribution in [2.45, 2.75) is 32.4 Å². The molecule has 4 N–H and O–H groups in total. The zero-order valence-electron chi connectivity index (χ0n) is 12.2. The summed E-state index contributed by atoms with van der Waals surface area (Å²) in [5, 5.41) is 9.62. The van der Waals surface area contributed by atoms with Crippen molar-refractivity contribution in [3.05, 3.63) is 24.3 Å². The summed E-state index contributed by atoms with van der Waals surface area (Å²) in [7, 11) is -3.43. The molecule has 0 bridgehead atoms. The van der Waals surface area contributed by atoms with E-state index in [1.165, 1.54) is 0 Å². The minimum absolute atomic E-state index is 0.0501. The molecule has 2 unspecified atom stereocenters. The first-order valence-electron chi connectivity index (χ1n) is 6.87. The molecule has 0 aromatic heterocycles. The Labute approximate surface area is 125 Å². The fourth-order valence-electron chi connectivity index (χ4n) is 2.25. The molecule has 21 heavy (non-hydrogen) atoms. The van der Waals surface area contributed by atoms with Crippen LogP contribution < -0.4 is 15.2 Å². The van der Waals surface area contributed by atoms with Crippen molar-refractivity contribution in [2.24, 2.45) is 5.41 Å². The lowest BCUT2D eigenvalue weighted by Gasteiger charge is -2.49. The number of rotatable bonds is 6. The molecule has 1 saturated carbocycles. The normalized spacial score (nSPS) is 24.3. The number of aliphatic hydroxyl groups excluding tert-OH is 1. The number of anilines is 1. The Morgan fingerprint density at radius 3 is 2.76 bits per heavy atom. The van der Waals surface area contributed by atoms with Crippen molar-refractivity contribution < 1.29 is 18.3 Å². The van der Waals surface area contributed by atoms with Gasteiger partial charge < -0.3 is 15.6 Å². The van der Waals surface area contributed by atoms with E-state index in [2.05, 4.69) is 4.72 Å². The fourth-order valence-corrected chi connectivity index (χ4v) is 3.51. The van der Waals surface area contributed by atoms with Crippen LogP contribution >= 0.6 is 0 Å². The van der Waals surface area contributed by atoms with Crippen LogP contribution in [-0.4, -0.2) is 38.0 Å². The molecule has 0 spiro atoms. The predicted molar refractivity (Wildman–Crippen MR) is 81.5 cm³/mol. The van der Waals surface area contributed by atoms with Gasteiger partial charge in [-0.2, -0.15) is 0 Å². The van der Waals surface area contributed by atoms with E-state index in [0.29, 0.717) is 17.9 Å². The first-order valence-corrected chi connectivity index (χ1v) is 8.52. The van der Waals surface area contributed by atoms with Gasteiger partial charge in [-0.25, -0.2) is 13.1 Å². The van der Waals surface area contributed by atoms with Gasteiger partial charge in [0, 0.05) is 23.2 Å². The zero-order chi connectivity index (χ0) is 15.7. The van der Waals surface area contributed by atoms with Crippen molar-refractivity contribution in [3.8, 4) is 5.75 Å². The summed E-state index contributed by atoms with van der Waals surface area (Å²) in [5.41, 5.74) is 5.76. The van der Waals surface area contributed by atoms with Gasteiger partial charge in [-0.3, -0.25) is 0 Å². The number of nitrogen functional groups attached to an aromatic ring is 1. The highest BCUT2D eigenvalue weighted by atomic mass is 32.2. The molecular weight excluding hydrogens is 292 g/mol. The van der Waals surface area contributed by atoms with Gasteiger partial charge in [-0.1, -0.05) is 19.9 Å². The van der Waals surface area contributed by atoms with Crippen LogP contribution in [0.5, 0.6) is 5.75 Å². The predicted octanol–water partition coefficient (Wildman–Crippen LogP) is 0.726. The number of nitrogens with one attached hydrogen (secondary N) is 1. The van der Waals surface area contributed by atoms with E-state index in [4.69, 9.17) is 10.5 Å². The molecule has 0 aliphatic heterocycles. The molecule has 1 fully saturated rings. The Balaban J connectivity index is 1.82. The number of benzene rings is 1. The van der Waals surface area contributed by atoms with E-state index in [9.17, 15) is 13.5 Å². The molecule has 0 saturated heterocycles. The third kappa shape index (κ3) is 3.87. The molecule has 118 valence electrons. The Hall–Kier alpha value is -1.31. The second kappa shape index (κ2) is 5.82. The summed E-state index contributed by atoms with van der Waals surface area (Å²) in [5.74, 6) is 0.411. The lowest BCUT2D eigenvalue weighted by molar-refractivity contribution is -0.0645. The van der Waals surface area contributed by atoms with Gasteiger partial charge in [-0.05, 0) is 18.6 Å². The lowest BCUT2D eigenvalue weighted by atomic mass is 9.65. The first kappa shape index (κ1) is 16.1. The molecule has 0 amide bonds. The molecule has 6 nitrogen and oxygen atoms in total. The maximum Gasteiger partial charge on any atom is 0.215 e. The van der Waals surface area contributed by atoms with Crippen LogP contribution in [0.15, 0.2) is 24.3 Å². The van der Waals surface area contributed by atoms with E-state index in [0.717, 1.165) is 0 Å². The highest BCUT2D eigenvalue weighted by molar-refractivity contribution is 7.89. The molecule has 2 atom stereocenters. The maximum atomic E-state index is 12.0. The van der Waals surface area contributed by atoms with Gasteiger partial charge in [0.15, 0.2) is 0 Å². The van der Waals surface area contributed by atoms with Crippen LogP contribution in [0.25, 0.3) is 0 Å². The van der Waals surface area contributed by atoms with Gasteiger partial charge in [0.05, 0.1) is 11.9 Å². The quantitative estimate of drug-likeness (QED) is 0.672. The summed E-state index contributed by atoms with van der Waals surface area (Å²) in [6, 6.07) is 6.61. The SMILES string of the molecule is CC1(C)C(O)CC1NS(=O)(=O)CCOc1cccc(N)c1. The van der Waals surface area contributed by atoms with E-state index >= 15 is 0 Å². The van der Waals surface area contributed by atoms with E-state index in [1.54, 1.807) is 24.3 Å². The number of sulfonamides is 1. The van der Waals surface area contributed by atoms with Gasteiger partial charge in [-0.15, -0.1) is 0 Å². The van der Waals surface area contributed by atoms with Crippen LogP contribution in [0.3, 0.4) is 0 Å². The highest BCUT2D eigenvalue weighted by Gasteiger charge is 2.48. The highest BCUT2D eigenvalue weighted by Crippen LogP contribution is 2.40. The van der Waals surface area contributed by atoms with Crippen LogP contribution in [0.2, 0.25) is 0 Å². The average Bonchev–Trinajstić information content (AvgIpc) is 2.38. The van der Waals surface area contributed by atoms with Crippen molar-refractivity contribution in [1.29, 1.82) is 0 Å². The Morgan fingerprint density at radius 1 is 1.48 bits per heavy atom. The average molecular weight is 314 g/mol. The van der Waals surface area contributed by atoms with E-state index in [-0.39, 0.29) is 18.4 Å². The Bertz CT molecular complexity index is 601. The molecule has 1 aliphatic carbocycles. The first-order chi connectivity index (χ1) is 9.71. The van der Waals surface area contributed by atoms with Crippen molar-refractivity contribution in [3.63, 3.8) is 0 Å². The van der Waals surface area contributed by atoms with Crippen LogP contribution in [0, 0.1) is 5.41 Å². The van der Waals surface area contributed by atoms with Crippen LogP contribution in [0.1, 0.15) is 20.3 Å². The number of nitrogens with two attached hydrogens (primary N) is 1. The largest absolute Gasteiger partial charge is 0.492 e. The standard InChI is InChI=1S/C14H22N2O4S/c1-14(2)12(9-13(14)17)16-21(18,19)7-6-20-11-5-3-4-10(15)8-11/h3-5,8,12-13,16-17H,6-7,9,15H2,1-2H3. The van der Waals surface area contributed by atoms with Gasteiger partial charge >= 0.3 is 0 Å². The van der Waals surface area contributed by atoms with Gasteiger partial charge in [0.1, 0.15) is 12.4 Å². The minimum atomic E-state index is -3.43. The lowest BCUT2D eigenvalue weighted by Crippen LogP contribution is -2.61. The molecule has 1 aliphatic rings. The summed E-state index contributed by atoms with van der Waals surface area (Å²) in [6.07, 6.45) is -0.0174. The zero-order valence-corrected chi connectivity index (χ0v) is 13.1. The van der Waals surface area contributed by atoms with Crippen LogP contribution in [-0.2, 0) is 10.0 Å². The summed E-state index contributed by atoms with van der Waals surface area (Å²) in [6.45, 7) is 3.74. The Morgan fingerprint density at radius 2 is 2.19 bits per heavy atom. The fraction of sp³-hybridized carbons (Fsp3) is 0.571. The number of ether oxygens (including phenoxy) is 1. The third-order valence-corrected chi connectivity index (χ3v) is 5.36. The van der Waals surface area contributed by atoms with Gasteiger partial charge in [0.2, 0.25) is 10.0 Å². The molecule has 1 aromatic rings. The second-order valence-corrected chi connectivity index (χ2v) is 7.86. The molecule has 7 heteroatoms. The molecular formula is C14H22N2O4S. The molecule has 1 aromatic carbocycles. The summed E-state index contributed by atoms with van der Waals surface area (Å²) >= 11 is 0. The minimum Gasteiger partial charge on any atom is -0.492 e. The number of aliphatic hydroxyl groups is 1. The number of hydrogen-bond acceptors (Lipinski definition) is 5. The Kier molecular flexibility index (Phi) is 4.46. The van der Waals surface area contributed by atoms with Crippen LogP contribution in [0.4, 0.5) is 5.69 Å². The summed E-state index contributed by atoms with van der Waals surface area (Å²) < 4.78 is 32.0. The monoisotopic (exact) mass is 314 g/mol. The smallest absolute Gasteiger partial charge is 0.215 e. The molecule has 0 radical (unpaired) electrons. The van der Waals surface area contributed by atoms with Crippen molar-refractivity contribution >= 4 is 15.7 Å². The third-order valence-electron chi connectivity index (χ3n) is 4.02. The molecule has 0 heterocycles. The van der Waals surface area contributed by atoms with Crippen molar-refractivity contribution in [2.75, 3.05) is 18.1 Å². The second-order valence-electron chi connectivity index (χ2n) is 5.98.